The molecule has 0 aliphatic rings. The van der Waals surface area contributed by atoms with Crippen LogP contribution in [0.25, 0.3) is 0 Å². The number of esters is 1. The molecule has 0 spiro atoms. The number of ether oxygens (including phenoxy) is 1. The van der Waals surface area contributed by atoms with Gasteiger partial charge in [0.25, 0.3) is 5.92 Å². The summed E-state index contributed by atoms with van der Waals surface area (Å²) in [5, 5.41) is 8.76. The first kappa shape index (κ1) is 13.1. The summed E-state index contributed by atoms with van der Waals surface area (Å²) in [5.74, 6) is -5.48. The number of carboxylic acids is 1. The molecule has 4 nitrogen and oxygen atoms in total. The Morgan fingerprint density at radius 2 is 1.76 bits per heavy atom. The van der Waals surface area contributed by atoms with Gasteiger partial charge in [0, 0.05) is 12.5 Å². The number of alkyl halides is 2. The largest absolute Gasteiger partial charge is 0.478 e. The molecule has 0 saturated heterocycles. The first-order valence-electron chi connectivity index (χ1n) is 4.60. The predicted molar refractivity (Wildman–Crippen MR) is 54.3 cm³/mol. The molecular formula is C11H10F2O4. The van der Waals surface area contributed by atoms with Crippen molar-refractivity contribution < 1.29 is 28.2 Å². The van der Waals surface area contributed by atoms with E-state index in [-0.39, 0.29) is 11.1 Å². The molecule has 0 amide bonds. The van der Waals surface area contributed by atoms with Crippen molar-refractivity contribution >= 4 is 11.9 Å². The Kier molecular flexibility index (Phi) is 3.45. The van der Waals surface area contributed by atoms with E-state index in [1.807, 2.05) is 0 Å². The number of carbonyl (C=O) groups is 2. The van der Waals surface area contributed by atoms with Crippen molar-refractivity contribution in [3.05, 3.63) is 34.9 Å². The minimum absolute atomic E-state index is 0.219. The lowest BCUT2D eigenvalue weighted by Crippen LogP contribution is -2.12. The number of aromatic carboxylic acids is 1. The fourth-order valence-electron chi connectivity index (χ4n) is 1.24. The van der Waals surface area contributed by atoms with Crippen LogP contribution in [0.4, 0.5) is 8.78 Å². The molecule has 1 aromatic rings. The van der Waals surface area contributed by atoms with Crippen LogP contribution in [0.3, 0.4) is 0 Å². The Morgan fingerprint density at radius 1 is 1.24 bits per heavy atom. The van der Waals surface area contributed by atoms with Gasteiger partial charge in [-0.15, -0.1) is 0 Å². The molecule has 92 valence electrons. The predicted octanol–water partition coefficient (Wildman–Crippen LogP) is 2.28. The molecular weight excluding hydrogens is 234 g/mol. The molecule has 0 saturated carbocycles. The zero-order valence-corrected chi connectivity index (χ0v) is 9.16. The number of rotatable bonds is 3. The second kappa shape index (κ2) is 4.48. The summed E-state index contributed by atoms with van der Waals surface area (Å²) in [7, 11) is 1.08. The Morgan fingerprint density at radius 3 is 2.18 bits per heavy atom. The van der Waals surface area contributed by atoms with Gasteiger partial charge in [0.1, 0.15) is 0 Å². The van der Waals surface area contributed by atoms with Crippen LogP contribution >= 0.6 is 0 Å². The summed E-state index contributed by atoms with van der Waals surface area (Å²) in [5.41, 5.74) is -1.15. The lowest BCUT2D eigenvalue weighted by molar-refractivity contribution is 0.0173. The Balaban J connectivity index is 3.39. The summed E-state index contributed by atoms with van der Waals surface area (Å²) in [6, 6.07) is 2.73. The van der Waals surface area contributed by atoms with E-state index in [0.717, 1.165) is 25.3 Å². The Labute approximate surface area is 95.8 Å². The second-order valence-corrected chi connectivity index (χ2v) is 3.48. The van der Waals surface area contributed by atoms with E-state index in [1.165, 1.54) is 0 Å². The Bertz CT molecular complexity index is 463. The average Bonchev–Trinajstić information content (AvgIpc) is 2.26. The molecule has 0 aliphatic carbocycles. The normalized spacial score (nSPS) is 11.1. The van der Waals surface area contributed by atoms with E-state index in [9.17, 15) is 18.4 Å². The molecule has 0 fully saturated rings. The van der Waals surface area contributed by atoms with Crippen LogP contribution in [0.15, 0.2) is 18.2 Å². The fourth-order valence-corrected chi connectivity index (χ4v) is 1.24. The van der Waals surface area contributed by atoms with Crippen molar-refractivity contribution in [1.82, 2.24) is 0 Å². The van der Waals surface area contributed by atoms with Crippen LogP contribution in [-0.2, 0) is 10.7 Å². The third kappa shape index (κ3) is 2.99. The highest BCUT2D eigenvalue weighted by atomic mass is 19.3. The van der Waals surface area contributed by atoms with E-state index in [0.29, 0.717) is 6.92 Å². The number of hydrogen-bond acceptors (Lipinski definition) is 3. The lowest BCUT2D eigenvalue weighted by atomic mass is 10.0. The van der Waals surface area contributed by atoms with Crippen LogP contribution in [0.1, 0.15) is 33.2 Å². The molecule has 1 rings (SSSR count). The topological polar surface area (TPSA) is 63.6 Å². The smallest absolute Gasteiger partial charge is 0.337 e. The zero-order valence-electron chi connectivity index (χ0n) is 9.16. The van der Waals surface area contributed by atoms with E-state index in [1.54, 1.807) is 0 Å². The van der Waals surface area contributed by atoms with E-state index in [2.05, 4.69) is 4.74 Å². The maximum Gasteiger partial charge on any atom is 0.337 e. The summed E-state index contributed by atoms with van der Waals surface area (Å²) in [6.07, 6.45) is 0. The number of methoxy groups -OCH3 is 1. The van der Waals surface area contributed by atoms with Crippen LogP contribution in [-0.4, -0.2) is 24.2 Å². The summed E-state index contributed by atoms with van der Waals surface area (Å²) in [6.45, 7) is 0.620. The number of carboxylic acid groups (broad SMARTS) is 1. The number of halogens is 2. The number of hydrogen-bond donors (Lipinski definition) is 1. The van der Waals surface area contributed by atoms with Crippen molar-refractivity contribution in [3.8, 4) is 0 Å². The number of benzene rings is 1. The van der Waals surface area contributed by atoms with Crippen LogP contribution < -0.4 is 0 Å². The van der Waals surface area contributed by atoms with Gasteiger partial charge in [-0.05, 0) is 18.2 Å². The quantitative estimate of drug-likeness (QED) is 0.828. The molecule has 0 aliphatic heterocycles. The molecule has 0 bridgehead atoms. The van der Waals surface area contributed by atoms with Crippen molar-refractivity contribution in [2.24, 2.45) is 0 Å². The summed E-state index contributed by atoms with van der Waals surface area (Å²) >= 11 is 0. The monoisotopic (exact) mass is 244 g/mol. The third-order valence-electron chi connectivity index (χ3n) is 2.11. The van der Waals surface area contributed by atoms with Gasteiger partial charge in [0.05, 0.1) is 18.2 Å². The number of carbonyl (C=O) groups excluding carboxylic acids is 1. The highest BCUT2D eigenvalue weighted by Gasteiger charge is 2.27. The molecule has 0 aromatic heterocycles. The first-order valence-corrected chi connectivity index (χ1v) is 4.60. The van der Waals surface area contributed by atoms with Gasteiger partial charge in [0.2, 0.25) is 0 Å². The third-order valence-corrected chi connectivity index (χ3v) is 2.11. The summed E-state index contributed by atoms with van der Waals surface area (Å²) in [4.78, 5) is 22.0. The molecule has 0 unspecified atom stereocenters. The SMILES string of the molecule is COC(=O)c1cc(C(=O)O)cc(C(C)(F)F)c1. The maximum absolute atomic E-state index is 13.1. The van der Waals surface area contributed by atoms with Gasteiger partial charge < -0.3 is 9.84 Å². The van der Waals surface area contributed by atoms with Gasteiger partial charge in [-0.1, -0.05) is 0 Å². The van der Waals surface area contributed by atoms with Crippen molar-refractivity contribution in [1.29, 1.82) is 0 Å². The Hall–Kier alpha value is -1.98. The fraction of sp³-hybridized carbons (Fsp3) is 0.273. The van der Waals surface area contributed by atoms with E-state index < -0.39 is 23.4 Å². The second-order valence-electron chi connectivity index (χ2n) is 3.48. The molecule has 0 heterocycles. The molecule has 1 aromatic carbocycles. The van der Waals surface area contributed by atoms with Crippen LogP contribution in [0.5, 0.6) is 0 Å². The standard InChI is InChI=1S/C11H10F2O4/c1-11(12,13)8-4-6(9(14)15)3-7(5-8)10(16)17-2/h3-5H,1-2H3,(H,14,15). The minimum Gasteiger partial charge on any atom is -0.478 e. The summed E-state index contributed by atoms with van der Waals surface area (Å²) < 4.78 is 30.6. The minimum atomic E-state index is -3.23. The molecule has 6 heteroatoms. The molecule has 1 N–H and O–H groups in total. The van der Waals surface area contributed by atoms with Gasteiger partial charge in [-0.2, -0.15) is 0 Å². The molecule has 0 radical (unpaired) electrons. The highest BCUT2D eigenvalue weighted by molar-refractivity contribution is 5.95. The van der Waals surface area contributed by atoms with Crippen LogP contribution in [0, 0.1) is 0 Å². The van der Waals surface area contributed by atoms with Gasteiger partial charge >= 0.3 is 11.9 Å². The van der Waals surface area contributed by atoms with Crippen molar-refractivity contribution in [2.75, 3.05) is 7.11 Å². The highest BCUT2D eigenvalue weighted by Crippen LogP contribution is 2.28. The molecule has 0 atom stereocenters. The first-order chi connectivity index (χ1) is 7.75. The van der Waals surface area contributed by atoms with Crippen molar-refractivity contribution in [2.45, 2.75) is 12.8 Å². The van der Waals surface area contributed by atoms with Crippen LogP contribution in [0.2, 0.25) is 0 Å². The molecule has 17 heavy (non-hydrogen) atoms. The zero-order chi connectivity index (χ0) is 13.2. The van der Waals surface area contributed by atoms with Gasteiger partial charge in [0.15, 0.2) is 0 Å². The van der Waals surface area contributed by atoms with Crippen molar-refractivity contribution in [3.63, 3.8) is 0 Å². The average molecular weight is 244 g/mol. The van der Waals surface area contributed by atoms with E-state index in [4.69, 9.17) is 5.11 Å². The van der Waals surface area contributed by atoms with Gasteiger partial charge in [-0.25, -0.2) is 18.4 Å². The maximum atomic E-state index is 13.1. The van der Waals surface area contributed by atoms with Gasteiger partial charge in [-0.3, -0.25) is 0 Å². The lowest BCUT2D eigenvalue weighted by Gasteiger charge is -2.12. The van der Waals surface area contributed by atoms with E-state index >= 15 is 0 Å².